The molecule has 1 atom stereocenters. The van der Waals surface area contributed by atoms with E-state index in [1.807, 2.05) is 22.9 Å². The molecule has 0 N–H and O–H groups in total. The monoisotopic (exact) mass is 439 g/mol. The molecule has 4 heterocycles. The van der Waals surface area contributed by atoms with Crippen LogP contribution >= 0.6 is 22.7 Å². The van der Waals surface area contributed by atoms with Crippen molar-refractivity contribution < 1.29 is 9.18 Å². The van der Waals surface area contributed by atoms with Crippen molar-refractivity contribution in [2.45, 2.75) is 25.4 Å². The lowest BCUT2D eigenvalue weighted by Crippen LogP contribution is -2.36. The molecule has 152 valence electrons. The highest BCUT2D eigenvalue weighted by atomic mass is 32.1. The van der Waals surface area contributed by atoms with Crippen LogP contribution in [0.3, 0.4) is 0 Å². The summed E-state index contributed by atoms with van der Waals surface area (Å²) in [5.41, 5.74) is 1.59. The van der Waals surface area contributed by atoms with Crippen molar-refractivity contribution in [3.63, 3.8) is 0 Å². The summed E-state index contributed by atoms with van der Waals surface area (Å²) in [5.74, 6) is -0.421. The van der Waals surface area contributed by atoms with E-state index in [4.69, 9.17) is 0 Å². The van der Waals surface area contributed by atoms with Gasteiger partial charge in [-0.25, -0.2) is 9.37 Å². The van der Waals surface area contributed by atoms with E-state index >= 15 is 0 Å². The van der Waals surface area contributed by atoms with Crippen molar-refractivity contribution in [1.29, 1.82) is 0 Å². The van der Waals surface area contributed by atoms with Crippen LogP contribution in [0.1, 0.15) is 24.4 Å². The first-order valence-electron chi connectivity index (χ1n) is 9.67. The predicted octanol–water partition coefficient (Wildman–Crippen LogP) is 4.69. The molecule has 1 amide bonds. The summed E-state index contributed by atoms with van der Waals surface area (Å²) in [6.07, 6.45) is 3.17. The van der Waals surface area contributed by atoms with Crippen LogP contribution in [0.25, 0.3) is 20.7 Å². The third-order valence-electron chi connectivity index (χ3n) is 5.48. The van der Waals surface area contributed by atoms with Gasteiger partial charge in [-0.3, -0.25) is 14.2 Å². The molecular formula is C22H18FN3O2S2. The van der Waals surface area contributed by atoms with Crippen LogP contribution in [0.5, 0.6) is 0 Å². The Hall–Kier alpha value is -2.84. The van der Waals surface area contributed by atoms with Crippen molar-refractivity contribution in [2.75, 3.05) is 6.54 Å². The van der Waals surface area contributed by atoms with Gasteiger partial charge < -0.3 is 4.90 Å². The van der Waals surface area contributed by atoms with E-state index in [0.717, 1.165) is 28.8 Å². The number of halogens is 1. The Morgan fingerprint density at radius 3 is 2.80 bits per heavy atom. The average molecular weight is 440 g/mol. The van der Waals surface area contributed by atoms with Crippen LogP contribution in [-0.2, 0) is 11.3 Å². The third kappa shape index (κ3) is 3.36. The number of benzene rings is 1. The van der Waals surface area contributed by atoms with Crippen molar-refractivity contribution in [2.24, 2.45) is 0 Å². The van der Waals surface area contributed by atoms with Crippen LogP contribution in [0, 0.1) is 5.82 Å². The number of rotatable bonds is 4. The fraction of sp³-hybridized carbons (Fsp3) is 0.227. The number of aromatic nitrogens is 2. The van der Waals surface area contributed by atoms with Gasteiger partial charge in [0.25, 0.3) is 5.56 Å². The maximum Gasteiger partial charge on any atom is 0.263 e. The second-order valence-electron chi connectivity index (χ2n) is 7.28. The maximum atomic E-state index is 13.3. The van der Waals surface area contributed by atoms with Crippen LogP contribution in [0.2, 0.25) is 0 Å². The minimum atomic E-state index is -0.294. The minimum absolute atomic E-state index is 0.0564. The lowest BCUT2D eigenvalue weighted by molar-refractivity contribution is -0.132. The maximum absolute atomic E-state index is 13.3. The van der Waals surface area contributed by atoms with Crippen LogP contribution < -0.4 is 5.56 Å². The topological polar surface area (TPSA) is 55.2 Å². The normalized spacial score (nSPS) is 16.4. The summed E-state index contributed by atoms with van der Waals surface area (Å²) in [6, 6.07) is 10.1. The van der Waals surface area contributed by atoms with Gasteiger partial charge in [0, 0.05) is 22.4 Å². The van der Waals surface area contributed by atoms with E-state index in [0.29, 0.717) is 16.8 Å². The van der Waals surface area contributed by atoms with E-state index in [-0.39, 0.29) is 29.9 Å². The molecule has 1 aromatic carbocycles. The molecule has 1 saturated heterocycles. The van der Waals surface area contributed by atoms with Gasteiger partial charge in [-0.2, -0.15) is 0 Å². The molecule has 0 radical (unpaired) electrons. The number of hydrogen-bond donors (Lipinski definition) is 0. The summed E-state index contributed by atoms with van der Waals surface area (Å²) >= 11 is 3.01. The van der Waals surface area contributed by atoms with Gasteiger partial charge in [0.2, 0.25) is 5.91 Å². The summed E-state index contributed by atoms with van der Waals surface area (Å²) in [4.78, 5) is 34.1. The van der Waals surface area contributed by atoms with E-state index in [2.05, 4.69) is 4.98 Å². The van der Waals surface area contributed by atoms with Crippen LogP contribution in [0.15, 0.2) is 58.3 Å². The summed E-state index contributed by atoms with van der Waals surface area (Å²) in [6.45, 7) is 0.573. The molecule has 1 aliphatic heterocycles. The Morgan fingerprint density at radius 1 is 1.20 bits per heavy atom. The van der Waals surface area contributed by atoms with E-state index < -0.39 is 0 Å². The molecule has 0 aliphatic carbocycles. The Bertz CT molecular complexity index is 1260. The molecule has 5 rings (SSSR count). The molecule has 8 heteroatoms. The molecular weight excluding hydrogens is 421 g/mol. The largest absolute Gasteiger partial charge is 0.334 e. The number of amides is 1. The van der Waals surface area contributed by atoms with Crippen LogP contribution in [-0.4, -0.2) is 26.9 Å². The Labute approximate surface area is 180 Å². The van der Waals surface area contributed by atoms with Gasteiger partial charge in [0.1, 0.15) is 17.2 Å². The van der Waals surface area contributed by atoms with E-state index in [1.54, 1.807) is 28.4 Å². The van der Waals surface area contributed by atoms with E-state index in [9.17, 15) is 14.0 Å². The fourth-order valence-electron chi connectivity index (χ4n) is 4.03. The number of thiophene rings is 2. The number of carbonyl (C=O) groups is 1. The zero-order valence-electron chi connectivity index (χ0n) is 16.0. The predicted molar refractivity (Wildman–Crippen MR) is 117 cm³/mol. The summed E-state index contributed by atoms with van der Waals surface area (Å²) in [5, 5.41) is 4.48. The standard InChI is InChI=1S/C22H18FN3O2S2/c23-15-7-5-14(6-8-15)17-3-1-9-26(17)19(27)11-25-13-24-21-20(22(25)28)16(12-30-21)18-4-2-10-29-18/h2,4-8,10,12-13,17H,1,3,9,11H2. The first-order chi connectivity index (χ1) is 14.6. The average Bonchev–Trinajstić information content (AvgIpc) is 3.50. The first kappa shape index (κ1) is 19.1. The van der Waals surface area contributed by atoms with Crippen molar-refractivity contribution in [3.05, 3.63) is 75.2 Å². The Morgan fingerprint density at radius 2 is 2.03 bits per heavy atom. The zero-order chi connectivity index (χ0) is 20.7. The number of fused-ring (bicyclic) bond motifs is 1. The van der Waals surface area contributed by atoms with Gasteiger partial charge in [0.05, 0.1) is 17.8 Å². The van der Waals surface area contributed by atoms with Crippen molar-refractivity contribution in [3.8, 4) is 10.4 Å². The second kappa shape index (κ2) is 7.77. The number of hydrogen-bond acceptors (Lipinski definition) is 5. The van der Waals surface area contributed by atoms with Gasteiger partial charge in [-0.15, -0.1) is 22.7 Å². The smallest absolute Gasteiger partial charge is 0.263 e. The van der Waals surface area contributed by atoms with Gasteiger partial charge in [-0.05, 0) is 42.0 Å². The summed E-state index contributed by atoms with van der Waals surface area (Å²) in [7, 11) is 0. The van der Waals surface area contributed by atoms with Gasteiger partial charge >= 0.3 is 0 Å². The quantitative estimate of drug-likeness (QED) is 0.464. The molecule has 3 aromatic heterocycles. The molecule has 0 saturated carbocycles. The Balaban J connectivity index is 1.44. The number of likely N-dealkylation sites (tertiary alicyclic amines) is 1. The van der Waals surface area contributed by atoms with Gasteiger partial charge in [-0.1, -0.05) is 18.2 Å². The molecule has 4 aromatic rings. The van der Waals surface area contributed by atoms with Crippen molar-refractivity contribution in [1.82, 2.24) is 14.5 Å². The zero-order valence-corrected chi connectivity index (χ0v) is 17.6. The van der Waals surface area contributed by atoms with E-state index in [1.165, 1.54) is 34.4 Å². The van der Waals surface area contributed by atoms with Crippen LogP contribution in [0.4, 0.5) is 4.39 Å². The third-order valence-corrected chi connectivity index (χ3v) is 7.27. The fourth-order valence-corrected chi connectivity index (χ4v) is 5.75. The summed E-state index contributed by atoms with van der Waals surface area (Å²) < 4.78 is 14.7. The minimum Gasteiger partial charge on any atom is -0.334 e. The lowest BCUT2D eigenvalue weighted by Gasteiger charge is -2.25. The molecule has 30 heavy (non-hydrogen) atoms. The number of carbonyl (C=O) groups excluding carboxylic acids is 1. The lowest BCUT2D eigenvalue weighted by atomic mass is 10.0. The molecule has 1 aliphatic rings. The highest BCUT2D eigenvalue weighted by molar-refractivity contribution is 7.18. The second-order valence-corrected chi connectivity index (χ2v) is 9.09. The highest BCUT2D eigenvalue weighted by Crippen LogP contribution is 2.34. The SMILES string of the molecule is O=C(Cn1cnc2scc(-c3cccs3)c2c1=O)N1CCCC1c1ccc(F)cc1. The molecule has 0 spiro atoms. The molecule has 5 nitrogen and oxygen atoms in total. The first-order valence-corrected chi connectivity index (χ1v) is 11.4. The molecule has 0 bridgehead atoms. The number of nitrogens with zero attached hydrogens (tertiary/aromatic N) is 3. The molecule has 1 fully saturated rings. The Kier molecular flexibility index (Phi) is 4.96. The van der Waals surface area contributed by atoms with Gasteiger partial charge in [0.15, 0.2) is 0 Å². The molecule has 1 unspecified atom stereocenters. The highest BCUT2D eigenvalue weighted by Gasteiger charge is 2.30. The van der Waals surface area contributed by atoms with Crippen molar-refractivity contribution >= 4 is 38.8 Å².